The van der Waals surface area contributed by atoms with Crippen molar-refractivity contribution in [2.75, 3.05) is 33.7 Å². The lowest BCUT2D eigenvalue weighted by Crippen LogP contribution is -2.49. The van der Waals surface area contributed by atoms with E-state index < -0.39 is 10.2 Å². The van der Waals surface area contributed by atoms with Gasteiger partial charge in [-0.3, -0.25) is 0 Å². The van der Waals surface area contributed by atoms with E-state index in [1.165, 1.54) is 0 Å². The molecule has 2 rings (SSSR count). The van der Waals surface area contributed by atoms with E-state index in [1.807, 2.05) is 7.05 Å². The van der Waals surface area contributed by atoms with Crippen molar-refractivity contribution >= 4 is 10.2 Å². The van der Waals surface area contributed by atoms with Gasteiger partial charge in [-0.2, -0.15) is 17.0 Å². The number of nitrogens with one attached hydrogen (secondary N) is 1. The van der Waals surface area contributed by atoms with E-state index in [1.54, 1.807) is 15.7 Å². The zero-order valence-electron chi connectivity index (χ0n) is 12.1. The molecule has 2 fully saturated rings. The summed E-state index contributed by atoms with van der Waals surface area (Å²) in [4.78, 5) is 0. The Labute approximate surface area is 117 Å². The predicted octanol–water partition coefficient (Wildman–Crippen LogP) is 1.04. The first-order valence-electron chi connectivity index (χ1n) is 7.43. The fourth-order valence-electron chi connectivity index (χ4n) is 3.27. The minimum atomic E-state index is -3.24. The lowest BCUT2D eigenvalue weighted by atomic mass is 9.98. The minimum Gasteiger partial charge on any atom is -0.319 e. The highest BCUT2D eigenvalue weighted by molar-refractivity contribution is 7.86. The Morgan fingerprint density at radius 3 is 2.26 bits per heavy atom. The first kappa shape index (κ1) is 15.2. The Kier molecular flexibility index (Phi) is 5.22. The number of piperidine rings is 1. The van der Waals surface area contributed by atoms with E-state index in [0.29, 0.717) is 19.0 Å². The summed E-state index contributed by atoms with van der Waals surface area (Å²) in [5.74, 6) is 0.619. The van der Waals surface area contributed by atoms with Gasteiger partial charge in [0.2, 0.25) is 0 Å². The summed E-state index contributed by atoms with van der Waals surface area (Å²) in [7, 11) is 0.473. The first-order chi connectivity index (χ1) is 9.05. The molecule has 0 bridgehead atoms. The monoisotopic (exact) mass is 289 g/mol. The number of hydrogen-bond acceptors (Lipinski definition) is 3. The van der Waals surface area contributed by atoms with Crippen molar-refractivity contribution in [2.24, 2.45) is 5.92 Å². The Balaban J connectivity index is 1.93. The molecule has 0 aromatic heterocycles. The molecule has 0 aromatic rings. The molecule has 1 aliphatic heterocycles. The van der Waals surface area contributed by atoms with Crippen molar-refractivity contribution in [3.05, 3.63) is 0 Å². The molecule has 1 N–H and O–H groups in total. The smallest absolute Gasteiger partial charge is 0.281 e. The molecule has 1 aliphatic carbocycles. The molecule has 0 aromatic carbocycles. The summed E-state index contributed by atoms with van der Waals surface area (Å²) in [5, 5.41) is 3.18. The summed E-state index contributed by atoms with van der Waals surface area (Å²) < 4.78 is 28.4. The SMILES string of the molecule is CNCC1CCN(S(=O)(=O)N(C)C2CCCC2)CC1. The molecule has 0 atom stereocenters. The van der Waals surface area contributed by atoms with Crippen LogP contribution in [0.3, 0.4) is 0 Å². The molecule has 1 saturated carbocycles. The molecule has 19 heavy (non-hydrogen) atoms. The topological polar surface area (TPSA) is 52.7 Å². The summed E-state index contributed by atoms with van der Waals surface area (Å²) in [6.45, 7) is 2.34. The largest absolute Gasteiger partial charge is 0.319 e. The molecule has 6 heteroatoms. The van der Waals surface area contributed by atoms with Crippen molar-refractivity contribution in [3.63, 3.8) is 0 Å². The maximum absolute atomic E-state index is 12.6. The van der Waals surface area contributed by atoms with Gasteiger partial charge in [0.15, 0.2) is 0 Å². The van der Waals surface area contributed by atoms with Gasteiger partial charge in [-0.15, -0.1) is 0 Å². The molecule has 2 aliphatic rings. The van der Waals surface area contributed by atoms with E-state index >= 15 is 0 Å². The van der Waals surface area contributed by atoms with Crippen LogP contribution < -0.4 is 5.32 Å². The third-order valence-electron chi connectivity index (χ3n) is 4.60. The Morgan fingerprint density at radius 1 is 1.16 bits per heavy atom. The van der Waals surface area contributed by atoms with E-state index in [-0.39, 0.29) is 6.04 Å². The Hall–Kier alpha value is -0.170. The second-order valence-electron chi connectivity index (χ2n) is 5.86. The van der Waals surface area contributed by atoms with Crippen molar-refractivity contribution in [1.29, 1.82) is 0 Å². The third kappa shape index (κ3) is 3.48. The molecule has 112 valence electrons. The summed E-state index contributed by atoms with van der Waals surface area (Å²) >= 11 is 0. The molecule has 0 radical (unpaired) electrons. The molecular formula is C13H27N3O2S. The van der Waals surface area contributed by atoms with Crippen LogP contribution in [0.2, 0.25) is 0 Å². The van der Waals surface area contributed by atoms with Gasteiger partial charge in [-0.1, -0.05) is 12.8 Å². The third-order valence-corrected chi connectivity index (χ3v) is 6.64. The van der Waals surface area contributed by atoms with Crippen LogP contribution in [0.5, 0.6) is 0 Å². The van der Waals surface area contributed by atoms with Crippen molar-refractivity contribution in [2.45, 2.75) is 44.6 Å². The summed E-state index contributed by atoms with van der Waals surface area (Å²) in [5.41, 5.74) is 0. The lowest BCUT2D eigenvalue weighted by Gasteiger charge is -2.35. The van der Waals surface area contributed by atoms with E-state index in [0.717, 1.165) is 45.1 Å². The first-order valence-corrected chi connectivity index (χ1v) is 8.83. The highest BCUT2D eigenvalue weighted by Crippen LogP contribution is 2.27. The average molecular weight is 289 g/mol. The molecule has 0 amide bonds. The Bertz CT molecular complexity index is 371. The fraction of sp³-hybridized carbons (Fsp3) is 1.00. The van der Waals surface area contributed by atoms with Crippen LogP contribution in [0.4, 0.5) is 0 Å². The maximum atomic E-state index is 12.6. The lowest BCUT2D eigenvalue weighted by molar-refractivity contribution is 0.246. The van der Waals surface area contributed by atoms with Gasteiger partial charge in [0.1, 0.15) is 0 Å². The molecular weight excluding hydrogens is 262 g/mol. The van der Waals surface area contributed by atoms with Crippen molar-refractivity contribution < 1.29 is 8.42 Å². The Morgan fingerprint density at radius 2 is 1.74 bits per heavy atom. The van der Waals surface area contributed by atoms with Crippen molar-refractivity contribution in [1.82, 2.24) is 13.9 Å². The van der Waals surface area contributed by atoms with Gasteiger partial charge in [-0.05, 0) is 45.2 Å². The van der Waals surface area contributed by atoms with Gasteiger partial charge in [-0.25, -0.2) is 0 Å². The quantitative estimate of drug-likeness (QED) is 0.823. The zero-order chi connectivity index (χ0) is 13.9. The van der Waals surface area contributed by atoms with Gasteiger partial charge in [0.05, 0.1) is 0 Å². The van der Waals surface area contributed by atoms with Crippen LogP contribution >= 0.6 is 0 Å². The number of nitrogens with zero attached hydrogens (tertiary/aromatic N) is 2. The summed E-state index contributed by atoms with van der Waals surface area (Å²) in [6, 6.07) is 0.222. The summed E-state index contributed by atoms with van der Waals surface area (Å²) in [6.07, 6.45) is 6.30. The van der Waals surface area contributed by atoms with E-state index in [9.17, 15) is 8.42 Å². The number of rotatable bonds is 5. The standard InChI is InChI=1S/C13H27N3O2S/c1-14-11-12-7-9-16(10-8-12)19(17,18)15(2)13-5-3-4-6-13/h12-14H,3-11H2,1-2H3. The van der Waals surface area contributed by atoms with Gasteiger partial charge in [0, 0.05) is 26.2 Å². The van der Waals surface area contributed by atoms with Crippen LogP contribution in [0.1, 0.15) is 38.5 Å². The second kappa shape index (κ2) is 6.52. The van der Waals surface area contributed by atoms with Crippen LogP contribution in [-0.2, 0) is 10.2 Å². The zero-order valence-corrected chi connectivity index (χ0v) is 13.0. The molecule has 0 spiro atoms. The molecule has 5 nitrogen and oxygen atoms in total. The van der Waals surface area contributed by atoms with E-state index in [4.69, 9.17) is 0 Å². The van der Waals surface area contributed by atoms with Crippen LogP contribution in [0.15, 0.2) is 0 Å². The predicted molar refractivity (Wildman–Crippen MR) is 77.2 cm³/mol. The van der Waals surface area contributed by atoms with E-state index in [2.05, 4.69) is 5.32 Å². The normalized spacial score (nSPS) is 24.4. The fourth-order valence-corrected chi connectivity index (χ4v) is 4.90. The highest BCUT2D eigenvalue weighted by atomic mass is 32.2. The molecule has 1 saturated heterocycles. The van der Waals surface area contributed by atoms with Crippen LogP contribution in [0, 0.1) is 5.92 Å². The molecule has 0 unspecified atom stereocenters. The van der Waals surface area contributed by atoms with Gasteiger partial charge >= 0.3 is 0 Å². The van der Waals surface area contributed by atoms with Crippen molar-refractivity contribution in [3.8, 4) is 0 Å². The van der Waals surface area contributed by atoms with Gasteiger partial charge < -0.3 is 5.32 Å². The maximum Gasteiger partial charge on any atom is 0.281 e. The molecule has 1 heterocycles. The average Bonchev–Trinajstić information content (AvgIpc) is 2.92. The minimum absolute atomic E-state index is 0.222. The number of hydrogen-bond donors (Lipinski definition) is 1. The van der Waals surface area contributed by atoms with Gasteiger partial charge in [0.25, 0.3) is 10.2 Å². The highest BCUT2D eigenvalue weighted by Gasteiger charge is 2.35. The van der Waals surface area contributed by atoms with Crippen LogP contribution in [-0.4, -0.2) is 56.8 Å². The second-order valence-corrected chi connectivity index (χ2v) is 7.85. The van der Waals surface area contributed by atoms with Crippen LogP contribution in [0.25, 0.3) is 0 Å².